The van der Waals surface area contributed by atoms with Gasteiger partial charge in [0, 0.05) is 6.07 Å². The van der Waals surface area contributed by atoms with Crippen molar-refractivity contribution >= 4 is 34.7 Å². The van der Waals surface area contributed by atoms with Crippen molar-refractivity contribution in [1.29, 1.82) is 0 Å². The van der Waals surface area contributed by atoms with Crippen LogP contribution in [-0.4, -0.2) is 41.2 Å². The van der Waals surface area contributed by atoms with Crippen LogP contribution in [0.5, 0.6) is 17.2 Å². The number of ether oxygens (including phenoxy) is 3. The molecule has 1 saturated heterocycles. The number of amides is 2. The van der Waals surface area contributed by atoms with Gasteiger partial charge in [-0.05, 0) is 66.2 Å². The van der Waals surface area contributed by atoms with Crippen LogP contribution in [0.25, 0.3) is 6.08 Å². The highest BCUT2D eigenvalue weighted by molar-refractivity contribution is 8.18. The Morgan fingerprint density at radius 2 is 1.81 bits per heavy atom. The van der Waals surface area contributed by atoms with Crippen LogP contribution in [0.3, 0.4) is 0 Å². The first-order chi connectivity index (χ1) is 17.9. The summed E-state index contributed by atoms with van der Waals surface area (Å²) < 4.78 is 16.9. The minimum absolute atomic E-state index is 0.0175. The van der Waals surface area contributed by atoms with Crippen molar-refractivity contribution < 1.29 is 28.7 Å². The van der Waals surface area contributed by atoms with Gasteiger partial charge in [0.15, 0.2) is 11.5 Å². The number of rotatable bonds is 10. The second kappa shape index (κ2) is 11.6. The van der Waals surface area contributed by atoms with E-state index in [2.05, 4.69) is 0 Å². The average molecular weight is 521 g/mol. The monoisotopic (exact) mass is 520 g/mol. The summed E-state index contributed by atoms with van der Waals surface area (Å²) in [6.45, 7) is 2.26. The summed E-state index contributed by atoms with van der Waals surface area (Å²) in [5.41, 5.74) is 2.09. The summed E-state index contributed by atoms with van der Waals surface area (Å²) >= 11 is 0.862. The number of benzene rings is 3. The fourth-order valence-corrected chi connectivity index (χ4v) is 4.53. The third-order valence-electron chi connectivity index (χ3n) is 5.50. The zero-order chi connectivity index (χ0) is 26.4. The molecule has 0 atom stereocenters. The molecule has 3 aromatic rings. The minimum Gasteiger partial charge on any atom is -0.493 e. The van der Waals surface area contributed by atoms with Gasteiger partial charge in [-0.15, -0.1) is 0 Å². The summed E-state index contributed by atoms with van der Waals surface area (Å²) in [5, 5.41) is 10.9. The molecular weight excluding hydrogens is 496 g/mol. The summed E-state index contributed by atoms with van der Waals surface area (Å²) in [7, 11) is 1.47. The lowest BCUT2D eigenvalue weighted by Crippen LogP contribution is -2.32. The Labute approximate surface area is 217 Å². The maximum atomic E-state index is 12.8. The van der Waals surface area contributed by atoms with Gasteiger partial charge in [0.25, 0.3) is 16.8 Å². The van der Waals surface area contributed by atoms with Gasteiger partial charge in [-0.25, -0.2) is 0 Å². The van der Waals surface area contributed by atoms with Gasteiger partial charge >= 0.3 is 0 Å². The van der Waals surface area contributed by atoms with Crippen molar-refractivity contribution in [2.24, 2.45) is 0 Å². The third kappa shape index (κ3) is 6.28. The quantitative estimate of drug-likeness (QED) is 0.193. The molecule has 0 unspecified atom stereocenters. The number of para-hydroxylation sites is 1. The molecule has 0 N–H and O–H groups in total. The highest BCUT2D eigenvalue weighted by Crippen LogP contribution is 2.35. The molecular formula is C27H24N2O7S. The first-order valence-electron chi connectivity index (χ1n) is 11.3. The molecule has 2 amide bonds. The van der Waals surface area contributed by atoms with Crippen LogP contribution in [0, 0.1) is 17.0 Å². The number of thioether (sulfide) groups is 1. The largest absolute Gasteiger partial charge is 0.493 e. The van der Waals surface area contributed by atoms with E-state index >= 15 is 0 Å². The molecule has 1 aliphatic rings. The summed E-state index contributed by atoms with van der Waals surface area (Å²) in [6, 6.07) is 18.9. The van der Waals surface area contributed by atoms with Gasteiger partial charge in [0.1, 0.15) is 19.0 Å². The van der Waals surface area contributed by atoms with Gasteiger partial charge < -0.3 is 14.2 Å². The van der Waals surface area contributed by atoms with Crippen LogP contribution >= 0.6 is 11.8 Å². The number of nitro groups is 1. The number of aryl methyl sites for hydroxylation is 1. The Morgan fingerprint density at radius 1 is 1.00 bits per heavy atom. The van der Waals surface area contributed by atoms with Gasteiger partial charge in [0.05, 0.1) is 29.0 Å². The fourth-order valence-electron chi connectivity index (χ4n) is 3.66. The van der Waals surface area contributed by atoms with Gasteiger partial charge in [0.2, 0.25) is 0 Å². The summed E-state index contributed by atoms with van der Waals surface area (Å²) in [4.78, 5) is 37.5. The van der Waals surface area contributed by atoms with Crippen molar-refractivity contribution in [2.45, 2.75) is 13.5 Å². The number of nitrogens with zero attached hydrogens (tertiary/aromatic N) is 2. The van der Waals surface area contributed by atoms with Gasteiger partial charge in [-0.3, -0.25) is 24.6 Å². The molecule has 1 heterocycles. The molecule has 0 radical (unpaired) electrons. The number of imide groups is 1. The van der Waals surface area contributed by atoms with E-state index in [0.29, 0.717) is 28.4 Å². The summed E-state index contributed by atoms with van der Waals surface area (Å²) in [5.74, 6) is 1.06. The maximum Gasteiger partial charge on any atom is 0.293 e. The normalized spacial score (nSPS) is 14.2. The molecule has 1 fully saturated rings. The Kier molecular flexibility index (Phi) is 8.09. The number of methoxy groups -OCH3 is 1. The van der Waals surface area contributed by atoms with Crippen molar-refractivity contribution in [3.05, 3.63) is 98.4 Å². The van der Waals surface area contributed by atoms with Crippen molar-refractivity contribution in [2.75, 3.05) is 20.3 Å². The molecule has 0 aliphatic carbocycles. The van der Waals surface area contributed by atoms with E-state index in [9.17, 15) is 19.7 Å². The second-order valence-corrected chi connectivity index (χ2v) is 9.08. The number of carbonyl (C=O) groups excluding carboxylic acids is 2. The Balaban J connectivity index is 1.41. The lowest BCUT2D eigenvalue weighted by Gasteiger charge is -2.13. The zero-order valence-corrected chi connectivity index (χ0v) is 21.0. The SMILES string of the molecule is COc1cc(/C=C2\SC(=O)N(CCOc3cccc(C)c3)C2=O)ccc1OCc1ccccc1[N+](=O)[O-]. The number of hydrogen-bond acceptors (Lipinski definition) is 8. The van der Waals surface area contributed by atoms with Crippen LogP contribution in [0.15, 0.2) is 71.6 Å². The van der Waals surface area contributed by atoms with E-state index in [-0.39, 0.29) is 35.6 Å². The van der Waals surface area contributed by atoms with Crippen LogP contribution in [-0.2, 0) is 11.4 Å². The van der Waals surface area contributed by atoms with E-state index in [4.69, 9.17) is 14.2 Å². The Bertz CT molecular complexity index is 1370. The van der Waals surface area contributed by atoms with E-state index in [1.807, 2.05) is 31.2 Å². The van der Waals surface area contributed by atoms with Gasteiger partial charge in [-0.2, -0.15) is 0 Å². The molecule has 9 nitrogen and oxygen atoms in total. The van der Waals surface area contributed by atoms with E-state index < -0.39 is 10.8 Å². The molecule has 3 aromatic carbocycles. The predicted molar refractivity (Wildman–Crippen MR) is 140 cm³/mol. The molecule has 0 spiro atoms. The second-order valence-electron chi connectivity index (χ2n) is 8.08. The molecule has 0 bridgehead atoms. The number of carbonyl (C=O) groups is 2. The van der Waals surface area contributed by atoms with E-state index in [1.54, 1.807) is 42.5 Å². The first-order valence-corrected chi connectivity index (χ1v) is 12.2. The predicted octanol–water partition coefficient (Wildman–Crippen LogP) is 5.61. The van der Waals surface area contributed by atoms with Crippen LogP contribution < -0.4 is 14.2 Å². The first kappa shape index (κ1) is 25.8. The summed E-state index contributed by atoms with van der Waals surface area (Å²) in [6.07, 6.45) is 1.61. The number of hydrogen-bond donors (Lipinski definition) is 0. The van der Waals surface area contributed by atoms with Crippen molar-refractivity contribution in [1.82, 2.24) is 4.90 Å². The topological polar surface area (TPSA) is 108 Å². The highest BCUT2D eigenvalue weighted by atomic mass is 32.2. The molecule has 37 heavy (non-hydrogen) atoms. The highest BCUT2D eigenvalue weighted by Gasteiger charge is 2.34. The smallest absolute Gasteiger partial charge is 0.293 e. The lowest BCUT2D eigenvalue weighted by atomic mass is 10.1. The molecule has 10 heteroatoms. The Morgan fingerprint density at radius 3 is 2.57 bits per heavy atom. The van der Waals surface area contributed by atoms with E-state index in [1.165, 1.54) is 13.2 Å². The van der Waals surface area contributed by atoms with Crippen molar-refractivity contribution in [3.63, 3.8) is 0 Å². The molecule has 0 aromatic heterocycles. The maximum absolute atomic E-state index is 12.8. The number of nitro benzene ring substituents is 1. The third-order valence-corrected chi connectivity index (χ3v) is 6.41. The molecule has 4 rings (SSSR count). The van der Waals surface area contributed by atoms with Gasteiger partial charge in [-0.1, -0.05) is 30.3 Å². The molecule has 1 aliphatic heterocycles. The average Bonchev–Trinajstić information content (AvgIpc) is 3.15. The zero-order valence-electron chi connectivity index (χ0n) is 20.2. The van der Waals surface area contributed by atoms with Crippen LogP contribution in [0.2, 0.25) is 0 Å². The van der Waals surface area contributed by atoms with Crippen LogP contribution in [0.4, 0.5) is 10.5 Å². The minimum atomic E-state index is -0.458. The van der Waals surface area contributed by atoms with Crippen molar-refractivity contribution in [3.8, 4) is 17.2 Å². The Hall–Kier alpha value is -4.31. The lowest BCUT2D eigenvalue weighted by molar-refractivity contribution is -0.385. The van der Waals surface area contributed by atoms with E-state index in [0.717, 1.165) is 22.2 Å². The molecule has 190 valence electrons. The fraction of sp³-hybridized carbons (Fsp3) is 0.185. The molecule has 0 saturated carbocycles. The standard InChI is InChI=1S/C27H24N2O7S/c1-18-6-5-8-21(14-18)35-13-12-28-26(30)25(37-27(28)31)16-19-10-11-23(24(15-19)34-2)36-17-20-7-3-4-9-22(20)29(32)33/h3-11,14-16H,12-13,17H2,1-2H3/b25-16-. The van der Waals surface area contributed by atoms with Crippen LogP contribution in [0.1, 0.15) is 16.7 Å².